The van der Waals surface area contributed by atoms with Crippen LogP contribution in [0.1, 0.15) is 16.9 Å². The van der Waals surface area contributed by atoms with Crippen LogP contribution in [0.15, 0.2) is 11.7 Å². The number of fused-ring (bicyclic) bond motifs is 1. The first-order valence-electron chi connectivity index (χ1n) is 3.92. The summed E-state index contributed by atoms with van der Waals surface area (Å²) in [6, 6.07) is 0. The number of hydrogen-bond acceptors (Lipinski definition) is 5. The van der Waals surface area contributed by atoms with Crippen molar-refractivity contribution >= 4 is 17.3 Å². The molecule has 0 aliphatic carbocycles. The van der Waals surface area contributed by atoms with Crippen LogP contribution in [0.2, 0.25) is 0 Å². The molecule has 0 bridgehead atoms. The van der Waals surface area contributed by atoms with E-state index in [2.05, 4.69) is 20.4 Å². The molecule has 1 unspecified atom stereocenters. The highest BCUT2D eigenvalue weighted by Crippen LogP contribution is 2.32. The van der Waals surface area contributed by atoms with E-state index in [1.54, 1.807) is 11.3 Å². The van der Waals surface area contributed by atoms with Crippen LogP contribution in [-0.4, -0.2) is 19.7 Å². The van der Waals surface area contributed by atoms with Gasteiger partial charge in [0.2, 0.25) is 5.95 Å². The summed E-state index contributed by atoms with van der Waals surface area (Å²) >= 11 is 1.62. The molecule has 0 saturated heterocycles. The van der Waals surface area contributed by atoms with Crippen LogP contribution in [0.4, 0.5) is 5.95 Å². The van der Waals surface area contributed by atoms with Gasteiger partial charge in [-0.25, -0.2) is 4.68 Å². The van der Waals surface area contributed by atoms with Crippen LogP contribution in [-0.2, 0) is 0 Å². The van der Waals surface area contributed by atoms with Gasteiger partial charge in [-0.05, 0) is 6.92 Å². The van der Waals surface area contributed by atoms with Gasteiger partial charge in [0, 0.05) is 6.20 Å². The number of hydrogen-bond donors (Lipinski definition) is 1. The second-order valence-electron chi connectivity index (χ2n) is 2.88. The van der Waals surface area contributed by atoms with Crippen molar-refractivity contribution in [1.29, 1.82) is 0 Å². The van der Waals surface area contributed by atoms with Crippen molar-refractivity contribution in [2.75, 3.05) is 5.32 Å². The Bertz CT molecular complexity index is 432. The predicted octanol–water partition coefficient (Wildman–Crippen LogP) is 1.02. The minimum absolute atomic E-state index is 0.142. The standard InChI is InChI=1S/C7H7N5S/c1-4-9-7-10-6(12(7)11-4)5-2-8-3-13-5/h2-3,6H,1H3,(H,9,10,11). The van der Waals surface area contributed by atoms with Crippen molar-refractivity contribution in [2.45, 2.75) is 13.1 Å². The molecule has 1 atom stereocenters. The first-order valence-corrected chi connectivity index (χ1v) is 4.80. The Labute approximate surface area is 78.4 Å². The molecule has 13 heavy (non-hydrogen) atoms. The molecule has 2 aromatic heterocycles. The zero-order valence-electron chi connectivity index (χ0n) is 6.93. The van der Waals surface area contributed by atoms with Gasteiger partial charge in [0.15, 0.2) is 6.17 Å². The quantitative estimate of drug-likeness (QED) is 0.734. The Kier molecular flexibility index (Phi) is 1.24. The maximum absolute atomic E-state index is 4.26. The molecule has 0 aromatic carbocycles. The highest BCUT2D eigenvalue weighted by atomic mass is 32.1. The molecule has 66 valence electrons. The van der Waals surface area contributed by atoms with Crippen LogP contribution in [0.5, 0.6) is 0 Å². The SMILES string of the molecule is Cc1nc2n(n1)C(c1cncs1)N2. The molecule has 0 spiro atoms. The molecular weight excluding hydrogens is 186 g/mol. The third-order valence-electron chi connectivity index (χ3n) is 1.97. The summed E-state index contributed by atoms with van der Waals surface area (Å²) in [6.45, 7) is 1.89. The van der Waals surface area contributed by atoms with Crippen LogP contribution in [0, 0.1) is 6.92 Å². The zero-order chi connectivity index (χ0) is 8.84. The minimum Gasteiger partial charge on any atom is -0.328 e. The lowest BCUT2D eigenvalue weighted by Crippen LogP contribution is -2.31. The summed E-state index contributed by atoms with van der Waals surface area (Å²) in [5.41, 5.74) is 1.82. The Balaban J connectivity index is 2.01. The van der Waals surface area contributed by atoms with Crippen molar-refractivity contribution in [3.63, 3.8) is 0 Å². The van der Waals surface area contributed by atoms with Gasteiger partial charge in [-0.15, -0.1) is 11.3 Å². The van der Waals surface area contributed by atoms with Gasteiger partial charge in [0.05, 0.1) is 10.4 Å². The van der Waals surface area contributed by atoms with Crippen LogP contribution in [0.25, 0.3) is 0 Å². The monoisotopic (exact) mass is 193 g/mol. The third-order valence-corrected chi connectivity index (χ3v) is 2.80. The van der Waals surface area contributed by atoms with Gasteiger partial charge in [-0.3, -0.25) is 4.98 Å². The summed E-state index contributed by atoms with van der Waals surface area (Å²) in [6.07, 6.45) is 1.99. The molecule has 6 heteroatoms. The van der Waals surface area contributed by atoms with E-state index in [0.29, 0.717) is 0 Å². The van der Waals surface area contributed by atoms with Gasteiger partial charge < -0.3 is 5.32 Å². The molecule has 0 fully saturated rings. The third kappa shape index (κ3) is 0.888. The number of nitrogens with zero attached hydrogens (tertiary/aromatic N) is 4. The molecule has 1 aliphatic rings. The van der Waals surface area contributed by atoms with E-state index in [-0.39, 0.29) is 6.17 Å². The molecule has 5 nitrogen and oxygen atoms in total. The number of rotatable bonds is 1. The normalized spacial score (nSPS) is 19.0. The molecule has 0 amide bonds. The Hall–Kier alpha value is -1.43. The molecule has 3 rings (SSSR count). The maximum atomic E-state index is 4.26. The summed E-state index contributed by atoms with van der Waals surface area (Å²) in [7, 11) is 0. The van der Waals surface area contributed by atoms with Gasteiger partial charge in [-0.2, -0.15) is 10.1 Å². The fraction of sp³-hybridized carbons (Fsp3) is 0.286. The number of aryl methyl sites for hydroxylation is 1. The van der Waals surface area contributed by atoms with Crippen molar-refractivity contribution < 1.29 is 0 Å². The topological polar surface area (TPSA) is 55.6 Å². The average Bonchev–Trinajstić information content (AvgIpc) is 2.67. The molecule has 3 heterocycles. The van der Waals surface area contributed by atoms with Gasteiger partial charge in [-0.1, -0.05) is 0 Å². The van der Waals surface area contributed by atoms with E-state index in [0.717, 1.165) is 16.6 Å². The summed E-state index contributed by atoms with van der Waals surface area (Å²) < 4.78 is 1.88. The highest BCUT2D eigenvalue weighted by Gasteiger charge is 2.30. The van der Waals surface area contributed by atoms with Crippen molar-refractivity contribution in [3.05, 3.63) is 22.4 Å². The lowest BCUT2D eigenvalue weighted by molar-refractivity contribution is 0.514. The molecular formula is C7H7N5S. The molecule has 2 aromatic rings. The molecule has 0 saturated carbocycles. The van der Waals surface area contributed by atoms with Gasteiger partial charge >= 0.3 is 0 Å². The second kappa shape index (κ2) is 2.29. The van der Waals surface area contributed by atoms with Crippen LogP contribution >= 0.6 is 11.3 Å². The van der Waals surface area contributed by atoms with E-state index in [1.807, 2.05) is 23.3 Å². The first kappa shape index (κ1) is 7.02. The van der Waals surface area contributed by atoms with Gasteiger partial charge in [0.25, 0.3) is 0 Å². The van der Waals surface area contributed by atoms with Crippen LogP contribution in [0.3, 0.4) is 0 Å². The van der Waals surface area contributed by atoms with Crippen molar-refractivity contribution in [2.24, 2.45) is 0 Å². The number of anilines is 1. The lowest BCUT2D eigenvalue weighted by Gasteiger charge is -2.27. The van der Waals surface area contributed by atoms with Gasteiger partial charge in [0.1, 0.15) is 5.82 Å². The molecule has 1 N–H and O–H groups in total. The van der Waals surface area contributed by atoms with Crippen molar-refractivity contribution in [1.82, 2.24) is 19.7 Å². The second-order valence-corrected chi connectivity index (χ2v) is 3.80. The fourth-order valence-electron chi connectivity index (χ4n) is 1.38. The highest BCUT2D eigenvalue weighted by molar-refractivity contribution is 7.09. The number of nitrogens with one attached hydrogen (secondary N) is 1. The van der Waals surface area contributed by atoms with Crippen LogP contribution < -0.4 is 5.32 Å². The Morgan fingerprint density at radius 1 is 1.62 bits per heavy atom. The average molecular weight is 193 g/mol. The van der Waals surface area contributed by atoms with E-state index in [1.165, 1.54) is 0 Å². The number of thiazole rings is 1. The zero-order valence-corrected chi connectivity index (χ0v) is 7.75. The van der Waals surface area contributed by atoms with Crippen molar-refractivity contribution in [3.8, 4) is 0 Å². The Morgan fingerprint density at radius 2 is 2.54 bits per heavy atom. The smallest absolute Gasteiger partial charge is 0.225 e. The van der Waals surface area contributed by atoms with E-state index >= 15 is 0 Å². The Morgan fingerprint density at radius 3 is 3.23 bits per heavy atom. The largest absolute Gasteiger partial charge is 0.328 e. The maximum Gasteiger partial charge on any atom is 0.225 e. The number of aromatic nitrogens is 4. The summed E-state index contributed by atoms with van der Waals surface area (Å²) in [5.74, 6) is 1.64. The predicted molar refractivity (Wildman–Crippen MR) is 48.6 cm³/mol. The fourth-order valence-corrected chi connectivity index (χ4v) is 2.03. The summed E-state index contributed by atoms with van der Waals surface area (Å²) in [5, 5.41) is 7.46. The van der Waals surface area contributed by atoms with E-state index in [9.17, 15) is 0 Å². The van der Waals surface area contributed by atoms with E-state index < -0.39 is 0 Å². The molecule has 0 radical (unpaired) electrons. The lowest BCUT2D eigenvalue weighted by atomic mass is 10.3. The molecule has 1 aliphatic heterocycles. The van der Waals surface area contributed by atoms with E-state index in [4.69, 9.17) is 0 Å². The first-order chi connectivity index (χ1) is 6.34. The summed E-state index contributed by atoms with van der Waals surface area (Å²) in [4.78, 5) is 9.37. The minimum atomic E-state index is 0.142.